The van der Waals surface area contributed by atoms with Crippen LogP contribution in [-0.2, 0) is 4.74 Å². The molecule has 0 saturated carbocycles. The predicted octanol–water partition coefficient (Wildman–Crippen LogP) is 2.43. The number of hydrogen-bond donors (Lipinski definition) is 1. The summed E-state index contributed by atoms with van der Waals surface area (Å²) < 4.78 is 7.46. The van der Waals surface area contributed by atoms with Crippen molar-refractivity contribution in [3.8, 4) is 0 Å². The van der Waals surface area contributed by atoms with Crippen LogP contribution in [0.1, 0.15) is 35.7 Å². The second-order valence-electron chi connectivity index (χ2n) is 5.14. The average molecular weight is 245 g/mol. The first-order chi connectivity index (χ1) is 8.66. The molecule has 0 aliphatic carbocycles. The van der Waals surface area contributed by atoms with Gasteiger partial charge in [-0.05, 0) is 44.4 Å². The minimum absolute atomic E-state index is 0.443. The molecule has 1 saturated heterocycles. The van der Waals surface area contributed by atoms with E-state index in [9.17, 15) is 0 Å². The molecule has 1 fully saturated rings. The molecule has 3 heterocycles. The maximum atomic E-state index is 6.28. The molecule has 2 aromatic heterocycles. The highest BCUT2D eigenvalue weighted by atomic mass is 16.5. The third-order valence-corrected chi connectivity index (χ3v) is 3.72. The number of hydrogen-bond acceptors (Lipinski definition) is 3. The van der Waals surface area contributed by atoms with E-state index in [-0.39, 0.29) is 0 Å². The van der Waals surface area contributed by atoms with Gasteiger partial charge in [-0.3, -0.25) is 4.40 Å². The number of anilines is 1. The standard InChI is InChI=1S/C14H19N3O/c1-9-7-10(2)17-12(8-9)16-13(14(17)15)11-3-5-18-6-4-11/h7-8,11H,3-6,15H2,1-2H3. The number of rotatable bonds is 1. The molecule has 0 aromatic carbocycles. The fourth-order valence-electron chi connectivity index (χ4n) is 2.85. The molecular weight excluding hydrogens is 226 g/mol. The van der Waals surface area contributed by atoms with E-state index in [1.165, 1.54) is 5.56 Å². The minimum Gasteiger partial charge on any atom is -0.383 e. The second kappa shape index (κ2) is 4.28. The van der Waals surface area contributed by atoms with Gasteiger partial charge in [0.2, 0.25) is 0 Å². The molecule has 0 amide bonds. The van der Waals surface area contributed by atoms with Crippen molar-refractivity contribution in [1.82, 2.24) is 9.38 Å². The number of fused-ring (bicyclic) bond motifs is 1. The summed E-state index contributed by atoms with van der Waals surface area (Å²) in [6.07, 6.45) is 2.04. The Hall–Kier alpha value is -1.55. The van der Waals surface area contributed by atoms with Gasteiger partial charge in [-0.15, -0.1) is 0 Å². The van der Waals surface area contributed by atoms with E-state index in [1.807, 2.05) is 0 Å². The Balaban J connectivity index is 2.13. The van der Waals surface area contributed by atoms with Crippen LogP contribution in [0.25, 0.3) is 5.65 Å². The number of nitrogen functional groups attached to an aromatic ring is 1. The monoisotopic (exact) mass is 245 g/mol. The smallest absolute Gasteiger partial charge is 0.139 e. The van der Waals surface area contributed by atoms with Crippen LogP contribution in [0.2, 0.25) is 0 Å². The van der Waals surface area contributed by atoms with Crippen LogP contribution in [0.5, 0.6) is 0 Å². The van der Waals surface area contributed by atoms with E-state index in [0.29, 0.717) is 5.92 Å². The first-order valence-electron chi connectivity index (χ1n) is 6.49. The van der Waals surface area contributed by atoms with Crippen LogP contribution in [0, 0.1) is 13.8 Å². The lowest BCUT2D eigenvalue weighted by Gasteiger charge is -2.20. The molecule has 4 nitrogen and oxygen atoms in total. The number of pyridine rings is 1. The van der Waals surface area contributed by atoms with Crippen molar-refractivity contribution in [2.24, 2.45) is 0 Å². The van der Waals surface area contributed by atoms with Crippen molar-refractivity contribution in [3.05, 3.63) is 29.1 Å². The zero-order valence-electron chi connectivity index (χ0n) is 10.9. The summed E-state index contributed by atoms with van der Waals surface area (Å²) in [6, 6.07) is 4.23. The Morgan fingerprint density at radius 1 is 1.28 bits per heavy atom. The van der Waals surface area contributed by atoms with Crippen LogP contribution < -0.4 is 5.73 Å². The Morgan fingerprint density at radius 2 is 2.00 bits per heavy atom. The van der Waals surface area contributed by atoms with Crippen LogP contribution in [0.3, 0.4) is 0 Å². The van der Waals surface area contributed by atoms with E-state index in [0.717, 1.165) is 48.9 Å². The summed E-state index contributed by atoms with van der Waals surface area (Å²) in [5.41, 5.74) is 10.7. The summed E-state index contributed by atoms with van der Waals surface area (Å²) in [4.78, 5) is 4.74. The Bertz CT molecular complexity index is 582. The number of imidazole rings is 1. The van der Waals surface area contributed by atoms with Gasteiger partial charge in [-0.25, -0.2) is 4.98 Å². The normalized spacial score (nSPS) is 17.4. The summed E-state index contributed by atoms with van der Waals surface area (Å²) in [5, 5.41) is 0. The quantitative estimate of drug-likeness (QED) is 0.839. The highest BCUT2D eigenvalue weighted by Gasteiger charge is 2.22. The van der Waals surface area contributed by atoms with Gasteiger partial charge in [0, 0.05) is 24.8 Å². The fourth-order valence-corrected chi connectivity index (χ4v) is 2.85. The van der Waals surface area contributed by atoms with Gasteiger partial charge in [0.25, 0.3) is 0 Å². The van der Waals surface area contributed by atoms with E-state index in [2.05, 4.69) is 30.4 Å². The number of ether oxygens (including phenoxy) is 1. The summed E-state index contributed by atoms with van der Waals surface area (Å²) in [6.45, 7) is 5.80. The Labute approximate surface area is 107 Å². The molecular formula is C14H19N3O. The van der Waals surface area contributed by atoms with Crippen molar-refractivity contribution in [2.45, 2.75) is 32.6 Å². The Kier molecular flexibility index (Phi) is 2.74. The molecule has 0 atom stereocenters. The van der Waals surface area contributed by atoms with Gasteiger partial charge < -0.3 is 10.5 Å². The van der Waals surface area contributed by atoms with Crippen LogP contribution >= 0.6 is 0 Å². The first kappa shape index (κ1) is 11.5. The lowest BCUT2D eigenvalue weighted by atomic mass is 9.96. The van der Waals surface area contributed by atoms with Crippen molar-refractivity contribution in [1.29, 1.82) is 0 Å². The third-order valence-electron chi connectivity index (χ3n) is 3.72. The molecule has 0 unspecified atom stereocenters. The fraction of sp³-hybridized carbons (Fsp3) is 0.500. The number of aromatic nitrogens is 2. The molecule has 0 bridgehead atoms. The molecule has 4 heteroatoms. The molecule has 1 aliphatic rings. The number of aryl methyl sites for hydroxylation is 2. The molecule has 18 heavy (non-hydrogen) atoms. The highest BCUT2D eigenvalue weighted by molar-refractivity contribution is 5.56. The predicted molar refractivity (Wildman–Crippen MR) is 71.9 cm³/mol. The maximum absolute atomic E-state index is 6.28. The molecule has 0 radical (unpaired) electrons. The average Bonchev–Trinajstić information content (AvgIpc) is 2.67. The summed E-state index contributed by atoms with van der Waals surface area (Å²) >= 11 is 0. The molecule has 2 N–H and O–H groups in total. The van der Waals surface area contributed by atoms with Crippen molar-refractivity contribution >= 4 is 11.5 Å². The summed E-state index contributed by atoms with van der Waals surface area (Å²) in [7, 11) is 0. The van der Waals surface area contributed by atoms with Gasteiger partial charge in [0.1, 0.15) is 11.5 Å². The highest BCUT2D eigenvalue weighted by Crippen LogP contribution is 2.31. The topological polar surface area (TPSA) is 52.5 Å². The Morgan fingerprint density at radius 3 is 2.72 bits per heavy atom. The van der Waals surface area contributed by atoms with E-state index in [1.54, 1.807) is 0 Å². The zero-order chi connectivity index (χ0) is 12.7. The first-order valence-corrected chi connectivity index (χ1v) is 6.49. The van der Waals surface area contributed by atoms with E-state index >= 15 is 0 Å². The van der Waals surface area contributed by atoms with Gasteiger partial charge in [0.05, 0.1) is 5.69 Å². The largest absolute Gasteiger partial charge is 0.383 e. The number of nitrogens with two attached hydrogens (primary N) is 1. The van der Waals surface area contributed by atoms with E-state index < -0.39 is 0 Å². The lowest BCUT2D eigenvalue weighted by molar-refractivity contribution is 0.0847. The lowest BCUT2D eigenvalue weighted by Crippen LogP contribution is -2.15. The second-order valence-corrected chi connectivity index (χ2v) is 5.14. The van der Waals surface area contributed by atoms with E-state index in [4.69, 9.17) is 15.5 Å². The number of nitrogens with zero attached hydrogens (tertiary/aromatic N) is 2. The zero-order valence-corrected chi connectivity index (χ0v) is 10.9. The molecule has 96 valence electrons. The molecule has 1 aliphatic heterocycles. The van der Waals surface area contributed by atoms with Crippen LogP contribution in [0.4, 0.5) is 5.82 Å². The van der Waals surface area contributed by atoms with Gasteiger partial charge in [-0.1, -0.05) is 0 Å². The summed E-state index contributed by atoms with van der Waals surface area (Å²) in [5.74, 6) is 1.24. The van der Waals surface area contributed by atoms with Crippen LogP contribution in [-0.4, -0.2) is 22.6 Å². The van der Waals surface area contributed by atoms with Crippen LogP contribution in [0.15, 0.2) is 12.1 Å². The maximum Gasteiger partial charge on any atom is 0.139 e. The van der Waals surface area contributed by atoms with Gasteiger partial charge in [-0.2, -0.15) is 0 Å². The minimum atomic E-state index is 0.443. The third kappa shape index (κ3) is 1.77. The van der Waals surface area contributed by atoms with Gasteiger partial charge >= 0.3 is 0 Å². The van der Waals surface area contributed by atoms with Gasteiger partial charge in [0.15, 0.2) is 0 Å². The molecule has 2 aromatic rings. The molecule has 3 rings (SSSR count). The molecule has 0 spiro atoms. The van der Waals surface area contributed by atoms with Crippen molar-refractivity contribution in [3.63, 3.8) is 0 Å². The SMILES string of the molecule is Cc1cc(C)n2c(N)c(C3CCOCC3)nc2c1. The van der Waals surface area contributed by atoms with Crippen molar-refractivity contribution in [2.75, 3.05) is 18.9 Å². The van der Waals surface area contributed by atoms with Crippen molar-refractivity contribution < 1.29 is 4.74 Å².